The maximum Gasteiger partial charge on any atom is 0.289 e. The van der Waals surface area contributed by atoms with E-state index in [1.807, 2.05) is 0 Å². The Labute approximate surface area is 194 Å². The van der Waals surface area contributed by atoms with Crippen molar-refractivity contribution in [1.29, 1.82) is 0 Å². The number of carbonyl (C=O) groups is 3. The number of rotatable bonds is 6. The van der Waals surface area contributed by atoms with E-state index in [2.05, 4.69) is 5.32 Å². The average Bonchev–Trinajstić information content (AvgIpc) is 3.57. The van der Waals surface area contributed by atoms with Gasteiger partial charge in [-0.25, -0.2) is 8.42 Å². The van der Waals surface area contributed by atoms with E-state index in [0.29, 0.717) is 4.88 Å². The van der Waals surface area contributed by atoms with Crippen LogP contribution in [0.4, 0.5) is 0 Å². The van der Waals surface area contributed by atoms with Gasteiger partial charge in [0.2, 0.25) is 15.2 Å². The molecule has 3 amide bonds. The smallest absolute Gasteiger partial charge is 0.289 e. The molecule has 0 saturated carbocycles. The van der Waals surface area contributed by atoms with Gasteiger partial charge >= 0.3 is 0 Å². The van der Waals surface area contributed by atoms with Crippen molar-refractivity contribution in [2.45, 2.75) is 10.3 Å². The van der Waals surface area contributed by atoms with Gasteiger partial charge in [0.1, 0.15) is 0 Å². The van der Waals surface area contributed by atoms with Crippen molar-refractivity contribution in [2.75, 3.05) is 26.2 Å². The molecule has 11 heteroatoms. The molecule has 0 radical (unpaired) electrons. The first-order valence-electron chi connectivity index (χ1n) is 10.1. The number of hydrogen-bond donors (Lipinski definition) is 1. The highest BCUT2D eigenvalue weighted by Crippen LogP contribution is 2.19. The minimum Gasteiger partial charge on any atom is -0.459 e. The summed E-state index contributed by atoms with van der Waals surface area (Å²) in [5.41, 5.74) is 0. The number of nitrogens with one attached hydrogen (secondary N) is 1. The molecular formula is C22H21N3O6S2. The number of sulfone groups is 1. The number of hydrogen-bond acceptors (Lipinski definition) is 7. The molecule has 0 spiro atoms. The fourth-order valence-electron chi connectivity index (χ4n) is 3.47. The summed E-state index contributed by atoms with van der Waals surface area (Å²) in [6.45, 7) is 0.673. The van der Waals surface area contributed by atoms with Crippen LogP contribution in [0.25, 0.3) is 0 Å². The van der Waals surface area contributed by atoms with Gasteiger partial charge in [0.25, 0.3) is 17.7 Å². The van der Waals surface area contributed by atoms with Crippen LogP contribution in [0.1, 0.15) is 20.2 Å². The summed E-state index contributed by atoms with van der Waals surface area (Å²) in [6.07, 6.45) is 1.41. The van der Waals surface area contributed by atoms with Gasteiger partial charge in [-0.3, -0.25) is 14.4 Å². The Kier molecular flexibility index (Phi) is 6.61. The van der Waals surface area contributed by atoms with Gasteiger partial charge < -0.3 is 19.5 Å². The van der Waals surface area contributed by atoms with E-state index < -0.39 is 27.0 Å². The molecule has 2 aromatic heterocycles. The van der Waals surface area contributed by atoms with Crippen molar-refractivity contribution >= 4 is 38.9 Å². The number of amides is 3. The molecule has 4 rings (SSSR count). The first-order valence-corrected chi connectivity index (χ1v) is 12.6. The summed E-state index contributed by atoms with van der Waals surface area (Å²) in [4.78, 5) is 41.6. The van der Waals surface area contributed by atoms with E-state index in [1.165, 1.54) is 28.2 Å². The average molecular weight is 488 g/mol. The number of furan rings is 1. The van der Waals surface area contributed by atoms with Gasteiger partial charge in [-0.1, -0.05) is 24.3 Å². The van der Waals surface area contributed by atoms with Crippen LogP contribution in [0.5, 0.6) is 0 Å². The Morgan fingerprint density at radius 2 is 1.61 bits per heavy atom. The molecule has 0 unspecified atom stereocenters. The van der Waals surface area contributed by atoms with Crippen LogP contribution >= 0.6 is 11.3 Å². The maximum absolute atomic E-state index is 13.3. The number of piperazine rings is 1. The third-order valence-corrected chi connectivity index (χ3v) is 7.96. The van der Waals surface area contributed by atoms with Gasteiger partial charge in [-0.05, 0) is 35.7 Å². The molecule has 1 aliphatic rings. The van der Waals surface area contributed by atoms with Crippen molar-refractivity contribution in [3.05, 3.63) is 76.9 Å². The van der Waals surface area contributed by atoms with E-state index in [1.54, 1.807) is 47.8 Å². The molecule has 3 heterocycles. The first-order chi connectivity index (χ1) is 15.9. The molecule has 1 atom stereocenters. The number of nitrogens with zero attached hydrogens (tertiary/aromatic N) is 2. The third kappa shape index (κ3) is 4.83. The predicted molar refractivity (Wildman–Crippen MR) is 120 cm³/mol. The van der Waals surface area contributed by atoms with Gasteiger partial charge in [0, 0.05) is 26.2 Å². The highest BCUT2D eigenvalue weighted by molar-refractivity contribution is 7.92. The second kappa shape index (κ2) is 9.59. The summed E-state index contributed by atoms with van der Waals surface area (Å²) in [5.74, 6) is -1.49. The number of carbonyl (C=O) groups excluding carboxylic acids is 3. The lowest BCUT2D eigenvalue weighted by Gasteiger charge is -2.36. The quantitative estimate of drug-likeness (QED) is 0.567. The van der Waals surface area contributed by atoms with Gasteiger partial charge in [0.15, 0.2) is 5.76 Å². The standard InChI is InChI=1S/C22H21N3O6S2/c26-19(18-9-5-15-32-18)23-20(33(29,30)16-6-2-1-3-7-16)22(28)25-12-10-24(11-13-25)21(27)17-8-4-14-31-17/h1-9,14-15,20H,10-13H2,(H,23,26)/t20-/m0/s1. The fraction of sp³-hybridized carbons (Fsp3) is 0.227. The molecule has 9 nitrogen and oxygen atoms in total. The minimum absolute atomic E-state index is 0.0681. The van der Waals surface area contributed by atoms with Crippen LogP contribution in [0.2, 0.25) is 0 Å². The third-order valence-electron chi connectivity index (χ3n) is 5.22. The molecule has 1 N–H and O–H groups in total. The second-order valence-electron chi connectivity index (χ2n) is 7.28. The first kappa shape index (κ1) is 22.7. The van der Waals surface area contributed by atoms with Crippen molar-refractivity contribution in [3.63, 3.8) is 0 Å². The van der Waals surface area contributed by atoms with Crippen LogP contribution in [-0.2, 0) is 14.6 Å². The molecule has 1 aliphatic heterocycles. The van der Waals surface area contributed by atoms with E-state index in [9.17, 15) is 22.8 Å². The normalized spacial score (nSPS) is 15.2. The summed E-state index contributed by atoms with van der Waals surface area (Å²) in [6, 6.07) is 13.9. The lowest BCUT2D eigenvalue weighted by molar-refractivity contribution is -0.132. The van der Waals surface area contributed by atoms with Crippen molar-refractivity contribution in [2.24, 2.45) is 0 Å². The number of thiophene rings is 1. The molecule has 1 saturated heterocycles. The van der Waals surface area contributed by atoms with E-state index in [-0.39, 0.29) is 42.7 Å². The molecule has 1 fully saturated rings. The highest BCUT2D eigenvalue weighted by atomic mass is 32.2. The Bertz CT molecular complexity index is 1220. The van der Waals surface area contributed by atoms with Gasteiger partial charge in [-0.15, -0.1) is 11.3 Å². The van der Waals surface area contributed by atoms with Crippen LogP contribution in [0.3, 0.4) is 0 Å². The Balaban J connectivity index is 1.53. The second-order valence-corrected chi connectivity index (χ2v) is 10.3. The van der Waals surface area contributed by atoms with Crippen molar-refractivity contribution in [1.82, 2.24) is 15.1 Å². The Morgan fingerprint density at radius 1 is 0.909 bits per heavy atom. The summed E-state index contributed by atoms with van der Waals surface area (Å²) in [7, 11) is -4.22. The zero-order valence-corrected chi connectivity index (χ0v) is 19.1. The molecular weight excluding hydrogens is 466 g/mol. The topological polar surface area (TPSA) is 117 Å². The zero-order chi connectivity index (χ0) is 23.4. The number of benzene rings is 1. The monoisotopic (exact) mass is 487 g/mol. The largest absolute Gasteiger partial charge is 0.459 e. The van der Waals surface area contributed by atoms with Crippen molar-refractivity contribution in [3.8, 4) is 0 Å². The van der Waals surface area contributed by atoms with Crippen LogP contribution in [0.15, 0.2) is 75.6 Å². The SMILES string of the molecule is O=C(N[C@H](C(=O)N1CCN(C(=O)c2ccco2)CC1)S(=O)(=O)c1ccccc1)c1cccs1. The van der Waals surface area contributed by atoms with Crippen LogP contribution < -0.4 is 5.32 Å². The Hall–Kier alpha value is -3.44. The lowest BCUT2D eigenvalue weighted by atomic mass is 10.2. The zero-order valence-electron chi connectivity index (χ0n) is 17.4. The summed E-state index contributed by atoms with van der Waals surface area (Å²) >= 11 is 1.14. The predicted octanol–water partition coefficient (Wildman–Crippen LogP) is 1.86. The molecule has 3 aromatic rings. The van der Waals surface area contributed by atoms with Gasteiger partial charge in [-0.2, -0.15) is 0 Å². The van der Waals surface area contributed by atoms with E-state index in [4.69, 9.17) is 4.42 Å². The molecule has 33 heavy (non-hydrogen) atoms. The molecule has 0 aliphatic carbocycles. The minimum atomic E-state index is -4.22. The maximum atomic E-state index is 13.3. The van der Waals surface area contributed by atoms with Gasteiger partial charge in [0.05, 0.1) is 16.0 Å². The summed E-state index contributed by atoms with van der Waals surface area (Å²) < 4.78 is 31.8. The molecule has 172 valence electrons. The Morgan fingerprint density at radius 3 is 2.21 bits per heavy atom. The van der Waals surface area contributed by atoms with E-state index >= 15 is 0 Å². The van der Waals surface area contributed by atoms with Crippen molar-refractivity contribution < 1.29 is 27.2 Å². The van der Waals surface area contributed by atoms with Crippen LogP contribution in [0, 0.1) is 0 Å². The molecule has 1 aromatic carbocycles. The highest BCUT2D eigenvalue weighted by Gasteiger charge is 2.39. The summed E-state index contributed by atoms with van der Waals surface area (Å²) in [5, 5.41) is 2.31. The van der Waals surface area contributed by atoms with E-state index in [0.717, 1.165) is 11.3 Å². The fourth-order valence-corrected chi connectivity index (χ4v) is 5.58. The lowest BCUT2D eigenvalue weighted by Crippen LogP contribution is -2.57. The molecule has 0 bridgehead atoms. The van der Waals surface area contributed by atoms with Crippen LogP contribution in [-0.4, -0.2) is 67.5 Å².